The molecule has 1 aromatic heterocycles. The van der Waals surface area contributed by atoms with Crippen LogP contribution in [0.4, 0.5) is 0 Å². The molecule has 0 aliphatic heterocycles. The minimum absolute atomic E-state index is 0.00603. The molecule has 1 amide bonds. The molecule has 3 N–H and O–H groups in total. The van der Waals surface area contributed by atoms with Gasteiger partial charge in [-0.25, -0.2) is 0 Å². The summed E-state index contributed by atoms with van der Waals surface area (Å²) in [5, 5.41) is 23.6. The van der Waals surface area contributed by atoms with Crippen LogP contribution in [0.5, 0.6) is 0 Å². The Morgan fingerprint density at radius 3 is 2.94 bits per heavy atom. The van der Waals surface area contributed by atoms with E-state index in [1.165, 1.54) is 0 Å². The molecule has 0 bridgehead atoms. The van der Waals surface area contributed by atoms with Gasteiger partial charge < -0.3 is 20.3 Å². The number of nitrogens with one attached hydrogen (secondary N) is 1. The number of ether oxygens (including phenoxy) is 1. The molecule has 0 aliphatic carbocycles. The van der Waals surface area contributed by atoms with Gasteiger partial charge in [-0.15, -0.1) is 0 Å². The Morgan fingerprint density at radius 1 is 1.41 bits per heavy atom. The van der Waals surface area contributed by atoms with Crippen LogP contribution in [0.25, 0.3) is 0 Å². The predicted molar refractivity (Wildman–Crippen MR) is 59.6 cm³/mol. The van der Waals surface area contributed by atoms with Gasteiger partial charge in [-0.3, -0.25) is 9.48 Å². The van der Waals surface area contributed by atoms with E-state index in [9.17, 15) is 4.79 Å². The van der Waals surface area contributed by atoms with Gasteiger partial charge in [-0.1, -0.05) is 0 Å². The average molecular weight is 243 g/mol. The Bertz CT molecular complexity index is 340. The van der Waals surface area contributed by atoms with E-state index in [2.05, 4.69) is 10.4 Å². The first-order valence-corrected chi connectivity index (χ1v) is 5.39. The zero-order chi connectivity index (χ0) is 12.5. The maximum absolute atomic E-state index is 11.4. The number of hydrogen-bond donors (Lipinski definition) is 3. The van der Waals surface area contributed by atoms with E-state index in [-0.39, 0.29) is 25.7 Å². The molecule has 7 nitrogen and oxygen atoms in total. The van der Waals surface area contributed by atoms with Crippen molar-refractivity contribution in [3.63, 3.8) is 0 Å². The fourth-order valence-corrected chi connectivity index (χ4v) is 1.19. The highest BCUT2D eigenvalue weighted by molar-refractivity contribution is 5.92. The lowest BCUT2D eigenvalue weighted by molar-refractivity contribution is 0.0849. The molecular formula is C10H17N3O4. The Morgan fingerprint density at radius 2 is 2.24 bits per heavy atom. The van der Waals surface area contributed by atoms with Crippen molar-refractivity contribution in [1.29, 1.82) is 0 Å². The van der Waals surface area contributed by atoms with Gasteiger partial charge in [0.25, 0.3) is 5.91 Å². The summed E-state index contributed by atoms with van der Waals surface area (Å²) in [6.07, 6.45) is 1.68. The summed E-state index contributed by atoms with van der Waals surface area (Å²) in [4.78, 5) is 11.4. The molecule has 96 valence electrons. The number of aliphatic hydroxyl groups excluding tert-OH is 2. The van der Waals surface area contributed by atoms with E-state index in [0.717, 1.165) is 0 Å². The highest BCUT2D eigenvalue weighted by atomic mass is 16.5. The molecule has 0 saturated heterocycles. The first-order chi connectivity index (χ1) is 8.27. The average Bonchev–Trinajstić information content (AvgIpc) is 2.80. The van der Waals surface area contributed by atoms with Gasteiger partial charge in [0.15, 0.2) is 0 Å². The quantitative estimate of drug-likeness (QED) is 0.489. The molecule has 1 rings (SSSR count). The van der Waals surface area contributed by atoms with Crippen molar-refractivity contribution in [2.24, 2.45) is 0 Å². The van der Waals surface area contributed by atoms with Gasteiger partial charge >= 0.3 is 0 Å². The van der Waals surface area contributed by atoms with Crippen LogP contribution in [0.1, 0.15) is 10.5 Å². The van der Waals surface area contributed by atoms with Crippen molar-refractivity contribution in [2.45, 2.75) is 6.54 Å². The number of rotatable bonds is 8. The van der Waals surface area contributed by atoms with Crippen LogP contribution in [-0.2, 0) is 11.3 Å². The van der Waals surface area contributed by atoms with Crippen molar-refractivity contribution >= 4 is 5.91 Å². The van der Waals surface area contributed by atoms with Gasteiger partial charge in [0.1, 0.15) is 5.69 Å². The van der Waals surface area contributed by atoms with Crippen molar-refractivity contribution in [2.75, 3.05) is 33.0 Å². The second kappa shape index (κ2) is 7.77. The molecule has 1 heterocycles. The van der Waals surface area contributed by atoms with E-state index in [4.69, 9.17) is 14.9 Å². The maximum atomic E-state index is 11.4. The third-order valence-corrected chi connectivity index (χ3v) is 1.97. The number of carbonyl (C=O) groups is 1. The second-order valence-corrected chi connectivity index (χ2v) is 3.28. The molecule has 1 aromatic rings. The lowest BCUT2D eigenvalue weighted by Crippen LogP contribution is -2.26. The molecule has 0 atom stereocenters. The van der Waals surface area contributed by atoms with E-state index < -0.39 is 0 Å². The molecule has 0 fully saturated rings. The summed E-state index contributed by atoms with van der Waals surface area (Å²) in [6.45, 7) is 1.36. The van der Waals surface area contributed by atoms with Crippen molar-refractivity contribution in [3.05, 3.63) is 18.0 Å². The Balaban J connectivity index is 2.34. The summed E-state index contributed by atoms with van der Waals surface area (Å²) in [6, 6.07) is 1.60. The minimum Gasteiger partial charge on any atom is -0.395 e. The number of amides is 1. The highest BCUT2D eigenvalue weighted by Crippen LogP contribution is 1.95. The van der Waals surface area contributed by atoms with E-state index in [1.807, 2.05) is 0 Å². The largest absolute Gasteiger partial charge is 0.395 e. The van der Waals surface area contributed by atoms with E-state index in [0.29, 0.717) is 25.5 Å². The van der Waals surface area contributed by atoms with Gasteiger partial charge in [0, 0.05) is 12.7 Å². The summed E-state index contributed by atoms with van der Waals surface area (Å²) in [7, 11) is 0. The minimum atomic E-state index is -0.311. The van der Waals surface area contributed by atoms with E-state index >= 15 is 0 Å². The SMILES string of the molecule is O=C(NCCO)c1ccn(CCOCCO)n1. The molecule has 0 aromatic carbocycles. The first-order valence-electron chi connectivity index (χ1n) is 5.39. The van der Waals surface area contributed by atoms with E-state index in [1.54, 1.807) is 16.9 Å². The number of hydrogen-bond acceptors (Lipinski definition) is 5. The Kier molecular flexibility index (Phi) is 6.23. The second-order valence-electron chi connectivity index (χ2n) is 3.28. The van der Waals surface area contributed by atoms with Crippen LogP contribution in [0, 0.1) is 0 Å². The fraction of sp³-hybridized carbons (Fsp3) is 0.600. The number of nitrogens with zero attached hydrogens (tertiary/aromatic N) is 2. The lowest BCUT2D eigenvalue weighted by atomic mass is 10.4. The van der Waals surface area contributed by atoms with Gasteiger partial charge in [0.05, 0.1) is 33.0 Å². The highest BCUT2D eigenvalue weighted by Gasteiger charge is 2.08. The molecule has 0 unspecified atom stereocenters. The summed E-state index contributed by atoms with van der Waals surface area (Å²) in [5.41, 5.74) is 0.306. The summed E-state index contributed by atoms with van der Waals surface area (Å²) < 4.78 is 6.67. The normalized spacial score (nSPS) is 10.5. The van der Waals surface area contributed by atoms with Crippen LogP contribution < -0.4 is 5.32 Å². The van der Waals surface area contributed by atoms with Crippen molar-refractivity contribution in [3.8, 4) is 0 Å². The first kappa shape index (κ1) is 13.6. The number of aromatic nitrogens is 2. The van der Waals surface area contributed by atoms with Crippen LogP contribution in [0.2, 0.25) is 0 Å². The molecule has 17 heavy (non-hydrogen) atoms. The Hall–Kier alpha value is -1.44. The van der Waals surface area contributed by atoms with Gasteiger partial charge in [0.2, 0.25) is 0 Å². The molecule has 0 radical (unpaired) electrons. The zero-order valence-corrected chi connectivity index (χ0v) is 9.50. The fourth-order valence-electron chi connectivity index (χ4n) is 1.19. The summed E-state index contributed by atoms with van der Waals surface area (Å²) >= 11 is 0. The maximum Gasteiger partial charge on any atom is 0.271 e. The molecule has 0 aliphatic rings. The van der Waals surface area contributed by atoms with Gasteiger partial charge in [-0.2, -0.15) is 5.10 Å². The number of aliphatic hydroxyl groups is 2. The summed E-state index contributed by atoms with van der Waals surface area (Å²) in [5.74, 6) is -0.311. The Labute approximate surface area is 99.0 Å². The lowest BCUT2D eigenvalue weighted by Gasteiger charge is -2.02. The van der Waals surface area contributed by atoms with Crippen LogP contribution >= 0.6 is 0 Å². The topological polar surface area (TPSA) is 96.6 Å². The van der Waals surface area contributed by atoms with Crippen LogP contribution in [0.3, 0.4) is 0 Å². The molecule has 7 heteroatoms. The third-order valence-electron chi connectivity index (χ3n) is 1.97. The van der Waals surface area contributed by atoms with Crippen LogP contribution in [0.15, 0.2) is 12.3 Å². The van der Waals surface area contributed by atoms with Gasteiger partial charge in [-0.05, 0) is 6.07 Å². The third kappa shape index (κ3) is 4.94. The molecule has 0 saturated carbocycles. The number of carbonyl (C=O) groups excluding carboxylic acids is 1. The smallest absolute Gasteiger partial charge is 0.271 e. The monoisotopic (exact) mass is 243 g/mol. The van der Waals surface area contributed by atoms with Crippen molar-refractivity contribution < 1.29 is 19.7 Å². The van der Waals surface area contributed by atoms with Crippen LogP contribution in [-0.4, -0.2) is 58.9 Å². The molecule has 0 spiro atoms. The predicted octanol–water partition coefficient (Wildman–Crippen LogP) is -1.39. The molecular weight excluding hydrogens is 226 g/mol. The zero-order valence-electron chi connectivity index (χ0n) is 9.50. The van der Waals surface area contributed by atoms with Crippen molar-refractivity contribution in [1.82, 2.24) is 15.1 Å². The standard InChI is InChI=1S/C10H17N3O4/c14-5-2-11-10(16)9-1-3-13(12-9)4-7-17-8-6-15/h1,3,14-15H,2,4-8H2,(H,11,16).